The minimum absolute atomic E-state index is 0.0672. The largest absolute Gasteiger partial charge is 0.454 e. The van der Waals surface area contributed by atoms with E-state index in [1.54, 1.807) is 29.1 Å². The van der Waals surface area contributed by atoms with E-state index in [9.17, 15) is 10.1 Å². The summed E-state index contributed by atoms with van der Waals surface area (Å²) in [5.41, 5.74) is 2.75. The fourth-order valence-electron chi connectivity index (χ4n) is 3.24. The number of halogens is 1. The highest BCUT2D eigenvalue weighted by atomic mass is 79.9. The summed E-state index contributed by atoms with van der Waals surface area (Å²) in [6.45, 7) is 0.196. The number of aromatic nitrogens is 1. The normalized spacial score (nSPS) is 13.1. The SMILES string of the molecule is O=[N+]([O-])c1ccccc1N=c1scc(-c2ccc(Br)cc2)n1N=Cc1ccc2c(c1)OCO2. The minimum Gasteiger partial charge on any atom is -0.454 e. The van der Waals surface area contributed by atoms with Crippen LogP contribution in [0.1, 0.15) is 5.56 Å². The lowest BCUT2D eigenvalue weighted by atomic mass is 10.2. The van der Waals surface area contributed by atoms with Crippen LogP contribution in [0.2, 0.25) is 0 Å². The smallest absolute Gasteiger partial charge is 0.294 e. The molecule has 164 valence electrons. The van der Waals surface area contributed by atoms with Gasteiger partial charge in [-0.2, -0.15) is 5.10 Å². The van der Waals surface area contributed by atoms with Crippen LogP contribution in [0.5, 0.6) is 11.5 Å². The summed E-state index contributed by atoms with van der Waals surface area (Å²) < 4.78 is 13.4. The van der Waals surface area contributed by atoms with Gasteiger partial charge < -0.3 is 9.47 Å². The number of ether oxygens (including phenoxy) is 2. The predicted octanol–water partition coefficient (Wildman–Crippen LogP) is 5.73. The van der Waals surface area contributed by atoms with Gasteiger partial charge in [-0.3, -0.25) is 10.1 Å². The van der Waals surface area contributed by atoms with Crippen molar-refractivity contribution < 1.29 is 14.4 Å². The molecule has 1 aromatic heterocycles. The molecule has 0 spiro atoms. The number of fused-ring (bicyclic) bond motifs is 1. The average Bonchev–Trinajstić information content (AvgIpc) is 3.45. The molecule has 0 aliphatic carbocycles. The van der Waals surface area contributed by atoms with Crippen molar-refractivity contribution in [2.75, 3.05) is 6.79 Å². The van der Waals surface area contributed by atoms with E-state index in [4.69, 9.17) is 9.47 Å². The second-order valence-electron chi connectivity index (χ2n) is 6.94. The Hall–Kier alpha value is -3.76. The van der Waals surface area contributed by atoms with Crippen molar-refractivity contribution in [2.45, 2.75) is 0 Å². The summed E-state index contributed by atoms with van der Waals surface area (Å²) in [7, 11) is 0. The summed E-state index contributed by atoms with van der Waals surface area (Å²) in [4.78, 5) is 16.1. The van der Waals surface area contributed by atoms with Gasteiger partial charge in [0.25, 0.3) is 5.69 Å². The average molecular weight is 523 g/mol. The Morgan fingerprint density at radius 3 is 2.67 bits per heavy atom. The molecule has 0 atom stereocenters. The lowest BCUT2D eigenvalue weighted by molar-refractivity contribution is -0.384. The van der Waals surface area contributed by atoms with Crippen LogP contribution in [0.3, 0.4) is 0 Å². The van der Waals surface area contributed by atoms with Gasteiger partial charge in [-0.1, -0.05) is 40.2 Å². The first-order valence-corrected chi connectivity index (χ1v) is 11.4. The maximum absolute atomic E-state index is 11.4. The van der Waals surface area contributed by atoms with Gasteiger partial charge in [0.1, 0.15) is 5.69 Å². The van der Waals surface area contributed by atoms with E-state index in [0.29, 0.717) is 16.3 Å². The summed E-state index contributed by atoms with van der Waals surface area (Å²) >= 11 is 4.80. The maximum Gasteiger partial charge on any atom is 0.294 e. The third-order valence-corrected chi connectivity index (χ3v) is 6.18. The summed E-state index contributed by atoms with van der Waals surface area (Å²) in [6, 6.07) is 19.7. The van der Waals surface area contributed by atoms with Crippen LogP contribution in [0.25, 0.3) is 11.3 Å². The first kappa shape index (κ1) is 21.1. The Balaban J connectivity index is 1.63. The van der Waals surface area contributed by atoms with Crippen LogP contribution in [0.15, 0.2) is 86.7 Å². The summed E-state index contributed by atoms with van der Waals surface area (Å²) in [5.74, 6) is 1.35. The predicted molar refractivity (Wildman–Crippen MR) is 129 cm³/mol. The molecule has 1 aliphatic heterocycles. The highest BCUT2D eigenvalue weighted by Crippen LogP contribution is 2.32. The standard InChI is InChI=1S/C23H15BrN4O4S/c24-17-8-6-16(7-9-17)20-13-33-23(26-18-3-1-2-4-19(18)28(29)30)27(20)25-12-15-5-10-21-22(11-15)32-14-31-21/h1-13H,14H2. The minimum atomic E-state index is -0.442. The van der Waals surface area contributed by atoms with Gasteiger partial charge in [0, 0.05) is 21.5 Å². The Morgan fingerprint density at radius 1 is 1.06 bits per heavy atom. The number of nitro groups is 1. The number of nitrogens with zero attached hydrogens (tertiary/aromatic N) is 4. The van der Waals surface area contributed by atoms with Crippen LogP contribution in [-0.2, 0) is 0 Å². The Labute approximate surface area is 200 Å². The van der Waals surface area contributed by atoms with Crippen molar-refractivity contribution >= 4 is 44.9 Å². The molecule has 1 aliphatic rings. The molecular formula is C23H15BrN4O4S. The number of thiazole rings is 1. The molecule has 0 unspecified atom stereocenters. The number of nitro benzene ring substituents is 1. The number of para-hydroxylation sites is 2. The first-order valence-electron chi connectivity index (χ1n) is 9.77. The monoisotopic (exact) mass is 522 g/mol. The van der Waals surface area contributed by atoms with E-state index in [0.717, 1.165) is 21.3 Å². The second-order valence-corrected chi connectivity index (χ2v) is 8.69. The zero-order valence-corrected chi connectivity index (χ0v) is 19.3. The molecule has 10 heteroatoms. The number of hydrogen-bond acceptors (Lipinski definition) is 7. The molecule has 4 aromatic rings. The lowest BCUT2D eigenvalue weighted by Gasteiger charge is -2.04. The van der Waals surface area contributed by atoms with Gasteiger partial charge in [0.2, 0.25) is 11.6 Å². The van der Waals surface area contributed by atoms with Gasteiger partial charge >= 0.3 is 0 Å². The molecule has 3 aromatic carbocycles. The van der Waals surface area contributed by atoms with Crippen LogP contribution < -0.4 is 14.3 Å². The molecule has 0 saturated heterocycles. The molecule has 0 fully saturated rings. The molecule has 5 rings (SSSR count). The van der Waals surface area contributed by atoms with Crippen molar-refractivity contribution in [1.29, 1.82) is 0 Å². The van der Waals surface area contributed by atoms with E-state index in [1.165, 1.54) is 17.4 Å². The third-order valence-electron chi connectivity index (χ3n) is 4.84. The summed E-state index contributed by atoms with van der Waals surface area (Å²) in [6.07, 6.45) is 1.69. The van der Waals surface area contributed by atoms with Crippen molar-refractivity contribution in [3.8, 4) is 22.8 Å². The first-order chi connectivity index (χ1) is 16.1. The zero-order chi connectivity index (χ0) is 22.8. The Bertz CT molecular complexity index is 1440. The molecule has 0 N–H and O–H groups in total. The van der Waals surface area contributed by atoms with Crippen LogP contribution >= 0.6 is 27.3 Å². The lowest BCUT2D eigenvalue weighted by Crippen LogP contribution is -2.11. The quantitative estimate of drug-likeness (QED) is 0.190. The van der Waals surface area contributed by atoms with Gasteiger partial charge in [-0.05, 0) is 42.0 Å². The van der Waals surface area contributed by atoms with E-state index < -0.39 is 4.92 Å². The molecule has 0 saturated carbocycles. The maximum atomic E-state index is 11.4. The van der Waals surface area contributed by atoms with Gasteiger partial charge in [0.05, 0.1) is 16.8 Å². The van der Waals surface area contributed by atoms with Crippen LogP contribution in [0, 0.1) is 10.1 Å². The van der Waals surface area contributed by atoms with Gasteiger partial charge in [-0.15, -0.1) is 11.3 Å². The third kappa shape index (κ3) is 4.43. The van der Waals surface area contributed by atoms with Crippen molar-refractivity contribution in [3.05, 3.63) is 97.1 Å². The van der Waals surface area contributed by atoms with E-state index in [-0.39, 0.29) is 18.2 Å². The van der Waals surface area contributed by atoms with E-state index >= 15 is 0 Å². The van der Waals surface area contributed by atoms with E-state index in [2.05, 4.69) is 26.0 Å². The second kappa shape index (κ2) is 9.00. The Kier molecular flexibility index (Phi) is 5.76. The van der Waals surface area contributed by atoms with Crippen LogP contribution in [0.4, 0.5) is 11.4 Å². The fourth-order valence-corrected chi connectivity index (χ4v) is 4.36. The highest BCUT2D eigenvalue weighted by Gasteiger charge is 2.15. The molecule has 33 heavy (non-hydrogen) atoms. The Morgan fingerprint density at radius 2 is 1.85 bits per heavy atom. The number of hydrogen-bond donors (Lipinski definition) is 0. The van der Waals surface area contributed by atoms with Crippen LogP contribution in [-0.4, -0.2) is 22.6 Å². The van der Waals surface area contributed by atoms with Crippen molar-refractivity contribution in [1.82, 2.24) is 4.68 Å². The molecule has 0 bridgehead atoms. The molecule has 8 nitrogen and oxygen atoms in total. The van der Waals surface area contributed by atoms with E-state index in [1.807, 2.05) is 47.8 Å². The topological polar surface area (TPSA) is 91.2 Å². The molecule has 2 heterocycles. The molecule has 0 radical (unpaired) electrons. The number of rotatable bonds is 5. The number of benzene rings is 3. The zero-order valence-electron chi connectivity index (χ0n) is 16.9. The molecule has 0 amide bonds. The molecular weight excluding hydrogens is 508 g/mol. The van der Waals surface area contributed by atoms with Crippen molar-refractivity contribution in [2.24, 2.45) is 10.1 Å². The highest BCUT2D eigenvalue weighted by molar-refractivity contribution is 9.10. The van der Waals surface area contributed by atoms with Gasteiger partial charge in [-0.25, -0.2) is 9.67 Å². The summed E-state index contributed by atoms with van der Waals surface area (Å²) in [5, 5.41) is 18.0. The fraction of sp³-hybridized carbons (Fsp3) is 0.0435. The van der Waals surface area contributed by atoms with Crippen molar-refractivity contribution in [3.63, 3.8) is 0 Å². The van der Waals surface area contributed by atoms with Gasteiger partial charge in [0.15, 0.2) is 11.5 Å².